The van der Waals surface area contributed by atoms with Gasteiger partial charge in [0.2, 0.25) is 0 Å². The van der Waals surface area contributed by atoms with E-state index >= 15 is 0 Å². The maximum atomic E-state index is 12.1. The predicted octanol–water partition coefficient (Wildman–Crippen LogP) is 3.85. The average Bonchev–Trinajstić information content (AvgIpc) is 2.87. The lowest BCUT2D eigenvalue weighted by Crippen LogP contribution is -2.34. The molecule has 1 atom stereocenters. The first-order valence-corrected chi connectivity index (χ1v) is 8.13. The molecule has 1 aromatic carbocycles. The van der Waals surface area contributed by atoms with Crippen LogP contribution in [0.1, 0.15) is 60.3 Å². The first kappa shape index (κ1) is 18.0. The highest BCUT2D eigenvalue weighted by molar-refractivity contribution is 5.91. The zero-order chi connectivity index (χ0) is 17.9. The Morgan fingerprint density at radius 1 is 1.38 bits per heavy atom. The topological polar surface area (TPSA) is 64.6 Å². The summed E-state index contributed by atoms with van der Waals surface area (Å²) in [6.07, 6.45) is 2.72. The van der Waals surface area contributed by atoms with Crippen LogP contribution in [0.5, 0.6) is 0 Å². The third-order valence-electron chi connectivity index (χ3n) is 3.94. The number of esters is 1. The number of hydrogen-bond acceptors (Lipinski definition) is 4. The van der Waals surface area contributed by atoms with E-state index < -0.39 is 11.7 Å². The van der Waals surface area contributed by atoms with Crippen LogP contribution in [0, 0.1) is 6.92 Å². The van der Waals surface area contributed by atoms with Gasteiger partial charge in [0.05, 0.1) is 11.6 Å². The van der Waals surface area contributed by atoms with Crippen LogP contribution >= 0.6 is 0 Å². The average molecular weight is 331 g/mol. The standard InChI is InChI=1S/C19H25NO4/c1-6-11-23-17(21)14-7-8-15-13(12(14)2)9-10-16(15)20-18(22)24-19(3,4)5/h6-8,16H,1,9-11H2,2-5H3,(H,20,22)/t16-/m0/s1. The summed E-state index contributed by atoms with van der Waals surface area (Å²) < 4.78 is 10.4. The third-order valence-corrected chi connectivity index (χ3v) is 3.94. The van der Waals surface area contributed by atoms with Crippen LogP contribution in [0.15, 0.2) is 24.8 Å². The zero-order valence-electron chi connectivity index (χ0n) is 14.8. The fraction of sp³-hybridized carbons (Fsp3) is 0.474. The number of carbonyl (C=O) groups is 2. The van der Waals surface area contributed by atoms with Gasteiger partial charge in [-0.2, -0.15) is 0 Å². The van der Waals surface area contributed by atoms with Crippen molar-refractivity contribution in [1.82, 2.24) is 5.32 Å². The van der Waals surface area contributed by atoms with Crippen molar-refractivity contribution in [3.8, 4) is 0 Å². The summed E-state index contributed by atoms with van der Waals surface area (Å²) in [4.78, 5) is 24.1. The van der Waals surface area contributed by atoms with E-state index in [0.29, 0.717) is 5.56 Å². The highest BCUT2D eigenvalue weighted by atomic mass is 16.6. The molecule has 1 aromatic rings. The monoisotopic (exact) mass is 331 g/mol. The summed E-state index contributed by atoms with van der Waals surface area (Å²) in [7, 11) is 0. The zero-order valence-corrected chi connectivity index (χ0v) is 14.8. The van der Waals surface area contributed by atoms with Crippen molar-refractivity contribution in [1.29, 1.82) is 0 Å². The second kappa shape index (κ2) is 7.07. The third kappa shape index (κ3) is 4.16. The summed E-state index contributed by atoms with van der Waals surface area (Å²) in [5, 5.41) is 2.91. The molecule has 0 fully saturated rings. The molecule has 0 spiro atoms. The van der Waals surface area contributed by atoms with Crippen LogP contribution in [0.3, 0.4) is 0 Å². The number of fused-ring (bicyclic) bond motifs is 1. The highest BCUT2D eigenvalue weighted by Crippen LogP contribution is 2.35. The molecule has 0 radical (unpaired) electrons. The number of hydrogen-bond donors (Lipinski definition) is 1. The van der Waals surface area contributed by atoms with Gasteiger partial charge in [0.1, 0.15) is 12.2 Å². The molecular weight excluding hydrogens is 306 g/mol. The molecule has 1 aliphatic carbocycles. The fourth-order valence-electron chi connectivity index (χ4n) is 2.91. The lowest BCUT2D eigenvalue weighted by Gasteiger charge is -2.22. The van der Waals surface area contributed by atoms with Gasteiger partial charge in [-0.15, -0.1) is 0 Å². The Hall–Kier alpha value is -2.30. The summed E-state index contributed by atoms with van der Waals surface area (Å²) in [5.41, 5.74) is 3.09. The molecule has 0 unspecified atom stereocenters. The van der Waals surface area contributed by atoms with Gasteiger partial charge in [-0.05, 0) is 63.3 Å². The number of alkyl carbamates (subject to hydrolysis) is 1. The Balaban J connectivity index is 2.15. The number of carbonyl (C=O) groups excluding carboxylic acids is 2. The highest BCUT2D eigenvalue weighted by Gasteiger charge is 2.29. The molecule has 2 rings (SSSR count). The lowest BCUT2D eigenvalue weighted by atomic mass is 9.98. The van der Waals surface area contributed by atoms with Crippen LogP contribution in [-0.2, 0) is 15.9 Å². The van der Waals surface area contributed by atoms with Gasteiger partial charge < -0.3 is 14.8 Å². The van der Waals surface area contributed by atoms with Crippen LogP contribution < -0.4 is 5.32 Å². The molecule has 1 amide bonds. The minimum atomic E-state index is -0.528. The molecule has 0 bridgehead atoms. The molecule has 0 aliphatic heterocycles. The van der Waals surface area contributed by atoms with Gasteiger partial charge in [0.25, 0.3) is 0 Å². The van der Waals surface area contributed by atoms with Gasteiger partial charge in [0.15, 0.2) is 0 Å². The van der Waals surface area contributed by atoms with Gasteiger partial charge in [0, 0.05) is 0 Å². The van der Waals surface area contributed by atoms with Gasteiger partial charge >= 0.3 is 12.1 Å². The molecule has 1 N–H and O–H groups in total. The van der Waals surface area contributed by atoms with E-state index in [1.54, 1.807) is 12.1 Å². The van der Waals surface area contributed by atoms with Crippen molar-refractivity contribution < 1.29 is 19.1 Å². The normalized spacial score (nSPS) is 16.2. The summed E-state index contributed by atoms with van der Waals surface area (Å²) in [5.74, 6) is -0.348. The fourth-order valence-corrected chi connectivity index (χ4v) is 2.91. The molecule has 1 aliphatic rings. The Bertz CT molecular complexity index is 658. The molecule has 5 heteroatoms. The minimum Gasteiger partial charge on any atom is -0.458 e. The van der Waals surface area contributed by atoms with Crippen molar-refractivity contribution in [2.24, 2.45) is 0 Å². The summed E-state index contributed by atoms with van der Waals surface area (Å²) >= 11 is 0. The Morgan fingerprint density at radius 2 is 2.08 bits per heavy atom. The van der Waals surface area contributed by atoms with E-state index in [0.717, 1.165) is 29.5 Å². The van der Waals surface area contributed by atoms with E-state index in [1.807, 2.05) is 33.8 Å². The Morgan fingerprint density at radius 3 is 2.71 bits per heavy atom. The molecule has 130 valence electrons. The molecule has 5 nitrogen and oxygen atoms in total. The molecule has 0 saturated heterocycles. The van der Waals surface area contributed by atoms with E-state index in [-0.39, 0.29) is 18.6 Å². The SMILES string of the molecule is C=CCOC(=O)c1ccc2c(c1C)CC[C@@H]2NC(=O)OC(C)(C)C. The van der Waals surface area contributed by atoms with Gasteiger partial charge in [-0.1, -0.05) is 18.7 Å². The lowest BCUT2D eigenvalue weighted by molar-refractivity contribution is 0.0501. The van der Waals surface area contributed by atoms with Crippen molar-refractivity contribution in [2.45, 2.75) is 52.2 Å². The number of ether oxygens (including phenoxy) is 2. The van der Waals surface area contributed by atoms with Gasteiger partial charge in [-0.3, -0.25) is 0 Å². The quantitative estimate of drug-likeness (QED) is 0.672. The minimum absolute atomic E-state index is 0.0909. The summed E-state index contributed by atoms with van der Waals surface area (Å²) in [6, 6.07) is 3.56. The number of rotatable bonds is 4. The molecule has 24 heavy (non-hydrogen) atoms. The van der Waals surface area contributed by atoms with Crippen molar-refractivity contribution in [3.63, 3.8) is 0 Å². The molecule has 0 aromatic heterocycles. The van der Waals surface area contributed by atoms with E-state index in [9.17, 15) is 9.59 Å². The maximum absolute atomic E-state index is 12.1. The Labute approximate surface area is 143 Å². The molecular formula is C19H25NO4. The predicted molar refractivity (Wildman–Crippen MR) is 92.1 cm³/mol. The second-order valence-corrected chi connectivity index (χ2v) is 6.93. The van der Waals surface area contributed by atoms with Gasteiger partial charge in [-0.25, -0.2) is 9.59 Å². The van der Waals surface area contributed by atoms with Crippen LogP contribution in [0.25, 0.3) is 0 Å². The number of benzene rings is 1. The van der Waals surface area contributed by atoms with Crippen molar-refractivity contribution in [3.05, 3.63) is 47.0 Å². The van der Waals surface area contributed by atoms with Crippen LogP contribution in [0.2, 0.25) is 0 Å². The Kier molecular flexibility index (Phi) is 5.32. The van der Waals surface area contributed by atoms with Crippen LogP contribution in [-0.4, -0.2) is 24.3 Å². The number of amides is 1. The van der Waals surface area contributed by atoms with E-state index in [2.05, 4.69) is 11.9 Å². The van der Waals surface area contributed by atoms with E-state index in [4.69, 9.17) is 9.47 Å². The van der Waals surface area contributed by atoms with E-state index in [1.165, 1.54) is 0 Å². The van der Waals surface area contributed by atoms with Crippen LogP contribution in [0.4, 0.5) is 4.79 Å². The molecule has 0 saturated carbocycles. The van der Waals surface area contributed by atoms with Crippen molar-refractivity contribution >= 4 is 12.1 Å². The first-order chi connectivity index (χ1) is 11.2. The second-order valence-electron chi connectivity index (χ2n) is 6.93. The molecule has 0 heterocycles. The summed E-state index contributed by atoms with van der Waals surface area (Å²) in [6.45, 7) is 11.1. The largest absolute Gasteiger partial charge is 0.458 e. The first-order valence-electron chi connectivity index (χ1n) is 8.13. The maximum Gasteiger partial charge on any atom is 0.408 e. The smallest absolute Gasteiger partial charge is 0.408 e. The van der Waals surface area contributed by atoms with Crippen molar-refractivity contribution in [2.75, 3.05) is 6.61 Å². The number of nitrogens with one attached hydrogen (secondary N) is 1.